The molecule has 4 fully saturated rings. The highest BCUT2D eigenvalue weighted by Crippen LogP contribution is 2.75. The van der Waals surface area contributed by atoms with Crippen LogP contribution in [-0.4, -0.2) is 41.4 Å². The largest absolute Gasteiger partial charge is 0.460 e. The van der Waals surface area contributed by atoms with Gasteiger partial charge in [0.25, 0.3) is 0 Å². The first-order valence-corrected chi connectivity index (χ1v) is 21.7. The van der Waals surface area contributed by atoms with Gasteiger partial charge in [0, 0.05) is 12.0 Å². The van der Waals surface area contributed by atoms with Crippen molar-refractivity contribution in [3.8, 4) is 0 Å². The van der Waals surface area contributed by atoms with E-state index in [0.29, 0.717) is 12.8 Å². The minimum absolute atomic E-state index is 0.0408. The number of nitrogens with one attached hydrogen (secondary N) is 2. The Bertz CT molecular complexity index is 1730. The number of hydrogen-bond donors (Lipinski definition) is 2. The number of hydrogen-bond acceptors (Lipinski definition) is 6. The molecule has 1 aromatic carbocycles. The molecule has 8 heteroatoms. The lowest BCUT2D eigenvalue weighted by atomic mass is 9.33. The van der Waals surface area contributed by atoms with E-state index in [1.54, 1.807) is 0 Å². The van der Waals surface area contributed by atoms with Gasteiger partial charge in [-0.2, -0.15) is 0 Å². The normalized spacial score (nSPS) is 38.1. The zero-order chi connectivity index (χ0) is 41.3. The number of benzene rings is 1. The van der Waals surface area contributed by atoms with Crippen molar-refractivity contribution in [1.82, 2.24) is 10.6 Å². The van der Waals surface area contributed by atoms with Crippen LogP contribution < -0.4 is 10.6 Å². The SMILES string of the molecule is CC(C)C[C@H](NC(=O)OC(C)(C)C)C(=O)N[C@H]1CC[C@]2(C)[C@H]3C(=O)C=C4[C@@H]5C[C@@](C)(C(=O)OCc6ccccc6)CC[C@]5(C)CC[C@@]4(C)[C@]3(C)CC[C@H]2C1(C)C. The molecular weight excluding hydrogens is 701 g/mol. The number of carbonyl (C=O) groups is 4. The average Bonchev–Trinajstić information content (AvgIpc) is 3.09. The molecule has 0 aromatic heterocycles. The number of fused-ring (bicyclic) bond motifs is 7. The number of ether oxygens (including phenoxy) is 2. The molecule has 310 valence electrons. The molecule has 5 aliphatic rings. The molecule has 8 nitrogen and oxygen atoms in total. The second-order valence-electron chi connectivity index (χ2n) is 22.1. The highest BCUT2D eigenvalue weighted by atomic mass is 16.6. The molecule has 0 aliphatic heterocycles. The first kappa shape index (κ1) is 42.4. The lowest BCUT2D eigenvalue weighted by Crippen LogP contribution is -2.68. The quantitative estimate of drug-likeness (QED) is 0.255. The molecule has 2 N–H and O–H groups in total. The first-order chi connectivity index (χ1) is 25.9. The van der Waals surface area contributed by atoms with E-state index >= 15 is 0 Å². The number of esters is 1. The minimum atomic E-state index is -0.698. The van der Waals surface area contributed by atoms with Crippen molar-refractivity contribution < 1.29 is 28.7 Å². The molecule has 0 bridgehead atoms. The molecule has 10 atom stereocenters. The summed E-state index contributed by atoms with van der Waals surface area (Å²) in [6.45, 7) is 26.1. The van der Waals surface area contributed by atoms with Crippen LogP contribution in [0.1, 0.15) is 153 Å². The Morgan fingerprint density at radius 2 is 1.54 bits per heavy atom. The monoisotopic (exact) mass is 773 g/mol. The molecule has 0 radical (unpaired) electrons. The molecule has 0 spiro atoms. The Morgan fingerprint density at radius 3 is 2.18 bits per heavy atom. The second-order valence-corrected chi connectivity index (χ2v) is 22.1. The van der Waals surface area contributed by atoms with E-state index in [9.17, 15) is 19.2 Å². The van der Waals surface area contributed by atoms with E-state index in [1.807, 2.05) is 51.1 Å². The Labute approximate surface area is 337 Å². The molecule has 0 heterocycles. The Morgan fingerprint density at radius 1 is 0.875 bits per heavy atom. The summed E-state index contributed by atoms with van der Waals surface area (Å²) in [5.41, 5.74) is 0.136. The average molecular weight is 773 g/mol. The zero-order valence-corrected chi connectivity index (χ0v) is 36.7. The summed E-state index contributed by atoms with van der Waals surface area (Å²) in [6, 6.07) is 9.10. The third-order valence-electron chi connectivity index (χ3n) is 16.3. The van der Waals surface area contributed by atoms with Crippen LogP contribution in [0.4, 0.5) is 4.79 Å². The van der Waals surface area contributed by atoms with Gasteiger partial charge in [0.1, 0.15) is 18.2 Å². The smallest absolute Gasteiger partial charge is 0.408 e. The van der Waals surface area contributed by atoms with Gasteiger partial charge < -0.3 is 20.1 Å². The third kappa shape index (κ3) is 7.38. The summed E-state index contributed by atoms with van der Waals surface area (Å²) < 4.78 is 11.5. The van der Waals surface area contributed by atoms with Crippen molar-refractivity contribution in [3.05, 3.63) is 47.5 Å². The fraction of sp³-hybridized carbons (Fsp3) is 0.750. The molecular formula is C48H72N2O6. The summed E-state index contributed by atoms with van der Waals surface area (Å²) in [7, 11) is 0. The molecule has 1 aromatic rings. The number of allylic oxidation sites excluding steroid dienone is 2. The minimum Gasteiger partial charge on any atom is -0.460 e. The summed E-state index contributed by atoms with van der Waals surface area (Å²) in [5, 5.41) is 6.27. The van der Waals surface area contributed by atoms with E-state index in [0.717, 1.165) is 56.9 Å². The molecule has 56 heavy (non-hydrogen) atoms. The van der Waals surface area contributed by atoms with E-state index in [4.69, 9.17) is 9.47 Å². The lowest BCUT2D eigenvalue weighted by molar-refractivity contribution is -0.190. The van der Waals surface area contributed by atoms with Crippen molar-refractivity contribution >= 4 is 23.8 Å². The van der Waals surface area contributed by atoms with E-state index in [1.165, 1.54) is 5.57 Å². The van der Waals surface area contributed by atoms with Gasteiger partial charge in [-0.25, -0.2) is 4.79 Å². The van der Waals surface area contributed by atoms with Gasteiger partial charge in [-0.3, -0.25) is 14.4 Å². The zero-order valence-electron chi connectivity index (χ0n) is 36.7. The van der Waals surface area contributed by atoms with Gasteiger partial charge in [0.2, 0.25) is 5.91 Å². The topological polar surface area (TPSA) is 111 Å². The van der Waals surface area contributed by atoms with Gasteiger partial charge >= 0.3 is 12.1 Å². The lowest BCUT2D eigenvalue weighted by Gasteiger charge is -2.70. The number of rotatable bonds is 8. The van der Waals surface area contributed by atoms with Crippen LogP contribution in [0.25, 0.3) is 0 Å². The van der Waals surface area contributed by atoms with Gasteiger partial charge in [0.05, 0.1) is 5.41 Å². The van der Waals surface area contributed by atoms with Crippen molar-refractivity contribution in [2.24, 2.45) is 56.2 Å². The fourth-order valence-electron chi connectivity index (χ4n) is 13.0. The van der Waals surface area contributed by atoms with Crippen molar-refractivity contribution in [2.75, 3.05) is 0 Å². The van der Waals surface area contributed by atoms with E-state index in [-0.39, 0.29) is 81.1 Å². The predicted molar refractivity (Wildman–Crippen MR) is 220 cm³/mol. The number of carbonyl (C=O) groups excluding carboxylic acids is 4. The Hall–Kier alpha value is -3.16. The van der Waals surface area contributed by atoms with Crippen LogP contribution >= 0.6 is 0 Å². The maximum atomic E-state index is 15.0. The number of ketones is 1. The highest BCUT2D eigenvalue weighted by Gasteiger charge is 2.70. The standard InChI is InChI=1S/C48H72N2O6/c1-30(2)26-34(49-41(54)56-42(3,4)5)39(52)50-37-19-20-46(10)36(43(37,6)7)18-21-48(12)38(46)35(51)27-32-33-28-45(9,23-22-44(33,8)24-25-47(32,48)11)40(53)55-29-31-16-14-13-15-17-31/h13-17,27,30,33-34,36-38H,18-26,28-29H2,1-12H3,(H,49,54)(H,50,52)/t33-,34-,36-,37-,38+,44+,45-,46-,47+,48+/m0/s1. The van der Waals surface area contributed by atoms with Crippen LogP contribution in [0.3, 0.4) is 0 Å². The summed E-state index contributed by atoms with van der Waals surface area (Å²) in [4.78, 5) is 55.6. The van der Waals surface area contributed by atoms with Crippen LogP contribution in [0.5, 0.6) is 0 Å². The summed E-state index contributed by atoms with van der Waals surface area (Å²) in [6.07, 6.45) is 10.1. The van der Waals surface area contributed by atoms with E-state index < -0.39 is 23.2 Å². The Balaban J connectivity index is 1.24. The molecule has 2 amide bonds. The summed E-state index contributed by atoms with van der Waals surface area (Å²) in [5.74, 6) is 0.398. The van der Waals surface area contributed by atoms with Crippen molar-refractivity contribution in [1.29, 1.82) is 0 Å². The third-order valence-corrected chi connectivity index (χ3v) is 16.3. The van der Waals surface area contributed by atoms with Crippen molar-refractivity contribution in [2.45, 2.75) is 172 Å². The van der Waals surface area contributed by atoms with Gasteiger partial charge in [-0.1, -0.05) is 91.3 Å². The number of alkyl carbamates (subject to hydrolysis) is 1. The molecule has 5 aliphatic carbocycles. The van der Waals surface area contributed by atoms with E-state index in [2.05, 4.69) is 79.0 Å². The predicted octanol–water partition coefficient (Wildman–Crippen LogP) is 10.1. The number of amides is 2. The Kier molecular flexibility index (Phi) is 11.1. The van der Waals surface area contributed by atoms with Gasteiger partial charge in [-0.05, 0) is 148 Å². The highest BCUT2D eigenvalue weighted by molar-refractivity contribution is 5.96. The second kappa shape index (κ2) is 14.6. The van der Waals surface area contributed by atoms with Crippen LogP contribution in [-0.2, 0) is 30.5 Å². The maximum absolute atomic E-state index is 15.0. The maximum Gasteiger partial charge on any atom is 0.408 e. The fourth-order valence-corrected chi connectivity index (χ4v) is 13.0. The molecule has 6 rings (SSSR count). The molecule has 0 unspecified atom stereocenters. The van der Waals surface area contributed by atoms with Gasteiger partial charge in [0.15, 0.2) is 5.78 Å². The van der Waals surface area contributed by atoms with Crippen LogP contribution in [0, 0.1) is 56.2 Å². The van der Waals surface area contributed by atoms with Gasteiger partial charge in [-0.15, -0.1) is 0 Å². The van der Waals surface area contributed by atoms with Crippen LogP contribution in [0.15, 0.2) is 42.0 Å². The van der Waals surface area contributed by atoms with Crippen LogP contribution in [0.2, 0.25) is 0 Å². The first-order valence-electron chi connectivity index (χ1n) is 21.7. The summed E-state index contributed by atoms with van der Waals surface area (Å²) >= 11 is 0. The van der Waals surface area contributed by atoms with Crippen molar-refractivity contribution in [3.63, 3.8) is 0 Å². The molecule has 4 saturated carbocycles. The molecule has 0 saturated heterocycles.